The Morgan fingerprint density at radius 3 is 2.36 bits per heavy atom. The molecule has 0 bridgehead atoms. The van der Waals surface area contributed by atoms with Crippen molar-refractivity contribution in [3.05, 3.63) is 12.4 Å². The molecule has 0 aromatic carbocycles. The van der Waals surface area contributed by atoms with Gasteiger partial charge in [-0.2, -0.15) is 14.4 Å². The molecular weight excluding hydrogens is 562 g/mol. The van der Waals surface area contributed by atoms with Crippen LogP contribution in [0.2, 0.25) is 0 Å². The highest BCUT2D eigenvalue weighted by atomic mass is 31.1. The maximum absolute atomic E-state index is 13.6. The summed E-state index contributed by atoms with van der Waals surface area (Å²) in [6.07, 6.45) is 21.2. The van der Waals surface area contributed by atoms with Gasteiger partial charge in [-0.3, -0.25) is 9.36 Å². The number of hydrogen-bond donors (Lipinski definition) is 2. The average molecular weight is 611 g/mol. The fourth-order valence-corrected chi connectivity index (χ4v) is 5.43. The van der Waals surface area contributed by atoms with Crippen LogP contribution in [0.25, 0.3) is 11.2 Å². The molecule has 0 aliphatic carbocycles. The van der Waals surface area contributed by atoms with Crippen molar-refractivity contribution in [3.63, 3.8) is 0 Å². The average Bonchev–Trinajstić information content (AvgIpc) is 3.38. The van der Waals surface area contributed by atoms with E-state index in [2.05, 4.69) is 32.9 Å². The molecule has 42 heavy (non-hydrogen) atoms. The predicted octanol–water partition coefficient (Wildman–Crippen LogP) is 5.58. The predicted molar refractivity (Wildman–Crippen MR) is 162 cm³/mol. The van der Waals surface area contributed by atoms with Crippen LogP contribution in [-0.4, -0.2) is 57.5 Å². The number of aromatic nitrogens is 4. The van der Waals surface area contributed by atoms with Crippen LogP contribution in [0.15, 0.2) is 6.33 Å². The maximum Gasteiger partial charge on any atom is 0.323 e. The van der Waals surface area contributed by atoms with E-state index >= 15 is 0 Å². The molecule has 2 heterocycles. The highest BCUT2D eigenvalue weighted by molar-refractivity contribution is 7.36. The monoisotopic (exact) mass is 610 g/mol. The number of esters is 1. The van der Waals surface area contributed by atoms with Crippen molar-refractivity contribution in [3.8, 4) is 12.3 Å². The molecule has 2 rings (SSSR count). The molecule has 0 radical (unpaired) electrons. The Balaban J connectivity index is 1.64. The van der Waals surface area contributed by atoms with E-state index in [0.717, 1.165) is 19.3 Å². The van der Waals surface area contributed by atoms with Crippen LogP contribution in [0.3, 0.4) is 0 Å². The van der Waals surface area contributed by atoms with Gasteiger partial charge in [0.05, 0.1) is 19.5 Å². The first kappa shape index (κ1) is 35.6. The minimum atomic E-state index is -2.84. The van der Waals surface area contributed by atoms with Gasteiger partial charge in [0, 0.05) is 20.1 Å². The molecular formula is C29H48FN6O5P. The van der Waals surface area contributed by atoms with Crippen LogP contribution in [0.5, 0.6) is 0 Å². The summed E-state index contributed by atoms with van der Waals surface area (Å²) in [5.41, 5.74) is 4.95. The molecule has 0 fully saturated rings. The molecule has 236 valence electrons. The Kier molecular flexibility index (Phi) is 16.6. The first-order chi connectivity index (χ1) is 20.2. The van der Waals surface area contributed by atoms with Gasteiger partial charge in [0.2, 0.25) is 0 Å². The molecule has 3 atom stereocenters. The molecule has 2 aromatic rings. The van der Waals surface area contributed by atoms with E-state index in [9.17, 15) is 13.8 Å². The molecule has 0 saturated heterocycles. The lowest BCUT2D eigenvalue weighted by Gasteiger charge is -2.27. The number of methoxy groups -OCH3 is 1. The van der Waals surface area contributed by atoms with Crippen molar-refractivity contribution in [2.24, 2.45) is 0 Å². The summed E-state index contributed by atoms with van der Waals surface area (Å²) in [5, 5.41) is 2.64. The summed E-state index contributed by atoms with van der Waals surface area (Å²) in [6, 6.07) is -0.811. The third-order valence-electron chi connectivity index (χ3n) is 7.24. The highest BCUT2D eigenvalue weighted by Gasteiger charge is 2.30. The van der Waals surface area contributed by atoms with Gasteiger partial charge < -0.3 is 24.3 Å². The Labute approximate surface area is 249 Å². The van der Waals surface area contributed by atoms with E-state index in [1.54, 1.807) is 11.5 Å². The van der Waals surface area contributed by atoms with E-state index < -0.39 is 31.9 Å². The van der Waals surface area contributed by atoms with Crippen molar-refractivity contribution in [1.29, 1.82) is 0 Å². The van der Waals surface area contributed by atoms with Gasteiger partial charge in [0.1, 0.15) is 11.6 Å². The lowest BCUT2D eigenvalue weighted by atomic mass is 10.0. The topological polar surface area (TPSA) is 143 Å². The number of carbonyl (C=O) groups excluding carboxylic acids is 1. The van der Waals surface area contributed by atoms with Gasteiger partial charge in [-0.05, 0) is 13.3 Å². The summed E-state index contributed by atoms with van der Waals surface area (Å²) in [4.78, 5) is 23.6. The van der Waals surface area contributed by atoms with Crippen molar-refractivity contribution < 1.29 is 27.7 Å². The van der Waals surface area contributed by atoms with Crippen molar-refractivity contribution in [2.75, 3.05) is 26.1 Å². The fraction of sp³-hybridized carbons (Fsp3) is 0.724. The number of hydrogen-bond acceptors (Lipinski definition) is 9. The first-order valence-electron chi connectivity index (χ1n) is 15.0. The lowest BCUT2D eigenvalue weighted by Crippen LogP contribution is -2.37. The Morgan fingerprint density at radius 1 is 1.14 bits per heavy atom. The number of ether oxygens (including phenoxy) is 2. The number of nitrogens with zero attached hydrogens (tertiary/aromatic N) is 4. The summed E-state index contributed by atoms with van der Waals surface area (Å²) in [6.45, 7) is 4.17. The zero-order valence-corrected chi connectivity index (χ0v) is 26.3. The first-order valence-corrected chi connectivity index (χ1v) is 16.3. The van der Waals surface area contributed by atoms with E-state index in [1.165, 1.54) is 71.2 Å². The minimum Gasteiger partial charge on any atom is -0.465 e. The standard InChI is InChI=1S/C29H48FN6O5P/c1-5-7-8-9-10-11-12-13-14-15-16-17-20-40-27(37)23(3)35-42(38)41-21-29(6-2,39-4)18-19-36-22-32-24-25(31)33-28(30)34-26(24)36/h2,22-23,42H,5,7-21H2,1,3-4H3,(H,35,38)(H2,31,33,34)/t23-,29-/m0/s1. The Hall–Kier alpha value is -2.58. The van der Waals surface area contributed by atoms with Crippen LogP contribution in [0.1, 0.15) is 97.3 Å². The van der Waals surface area contributed by atoms with Crippen LogP contribution >= 0.6 is 8.18 Å². The number of terminal acetylenes is 1. The molecule has 0 aliphatic heterocycles. The van der Waals surface area contributed by atoms with Gasteiger partial charge in [-0.15, -0.1) is 6.42 Å². The Morgan fingerprint density at radius 2 is 1.76 bits per heavy atom. The van der Waals surface area contributed by atoms with E-state index in [-0.39, 0.29) is 36.6 Å². The Bertz CT molecular complexity index is 1160. The second-order valence-electron chi connectivity index (χ2n) is 10.6. The number of nitrogens with one attached hydrogen (secondary N) is 1. The van der Waals surface area contributed by atoms with E-state index in [0.29, 0.717) is 6.61 Å². The van der Waals surface area contributed by atoms with E-state index in [4.69, 9.17) is 26.2 Å². The molecule has 0 saturated carbocycles. The van der Waals surface area contributed by atoms with Crippen LogP contribution < -0.4 is 10.8 Å². The third kappa shape index (κ3) is 12.3. The normalized spacial score (nSPS) is 14.4. The maximum atomic E-state index is 13.6. The number of rotatable bonds is 23. The molecule has 3 N–H and O–H groups in total. The van der Waals surface area contributed by atoms with Gasteiger partial charge in [0.25, 0.3) is 8.18 Å². The molecule has 0 aliphatic rings. The fourth-order valence-electron chi connectivity index (χ4n) is 4.51. The smallest absolute Gasteiger partial charge is 0.323 e. The second kappa shape index (κ2) is 19.6. The summed E-state index contributed by atoms with van der Waals surface area (Å²) < 4.78 is 44.0. The van der Waals surface area contributed by atoms with Crippen molar-refractivity contribution in [1.82, 2.24) is 24.6 Å². The lowest BCUT2D eigenvalue weighted by molar-refractivity contribution is -0.145. The van der Waals surface area contributed by atoms with Crippen molar-refractivity contribution in [2.45, 2.75) is 116 Å². The molecule has 13 heteroatoms. The van der Waals surface area contributed by atoms with E-state index in [1.807, 2.05) is 0 Å². The molecule has 11 nitrogen and oxygen atoms in total. The van der Waals surface area contributed by atoms with Gasteiger partial charge in [-0.1, -0.05) is 83.5 Å². The number of nitrogen functional groups attached to an aromatic ring is 1. The molecule has 2 aromatic heterocycles. The zero-order chi connectivity index (χ0) is 30.8. The molecule has 0 spiro atoms. The number of aryl methyl sites for hydroxylation is 1. The minimum absolute atomic E-state index is 0.0686. The van der Waals surface area contributed by atoms with Gasteiger partial charge in [-0.25, -0.2) is 10.1 Å². The summed E-state index contributed by atoms with van der Waals surface area (Å²) in [7, 11) is -1.43. The largest absolute Gasteiger partial charge is 0.465 e. The van der Waals surface area contributed by atoms with Gasteiger partial charge >= 0.3 is 12.0 Å². The number of anilines is 1. The zero-order valence-electron chi connectivity index (χ0n) is 25.3. The number of imidazole rings is 1. The number of halogens is 1. The summed E-state index contributed by atoms with van der Waals surface area (Å²) in [5.74, 6) is 1.98. The van der Waals surface area contributed by atoms with Crippen LogP contribution in [-0.2, 0) is 29.9 Å². The quantitative estimate of drug-likeness (QED) is 0.0538. The van der Waals surface area contributed by atoms with Crippen molar-refractivity contribution >= 4 is 31.1 Å². The van der Waals surface area contributed by atoms with Gasteiger partial charge in [0.15, 0.2) is 17.1 Å². The summed E-state index contributed by atoms with van der Waals surface area (Å²) >= 11 is 0. The number of fused-ring (bicyclic) bond motifs is 1. The third-order valence-corrected chi connectivity index (χ3v) is 8.32. The number of carbonyl (C=O) groups is 1. The number of unbranched alkanes of at least 4 members (excludes halogenated alkanes) is 11. The molecule has 0 amide bonds. The highest BCUT2D eigenvalue weighted by Crippen LogP contribution is 2.26. The molecule has 1 unspecified atom stereocenters. The van der Waals surface area contributed by atoms with Crippen LogP contribution in [0.4, 0.5) is 10.2 Å². The second-order valence-corrected chi connectivity index (χ2v) is 11.7. The van der Waals surface area contributed by atoms with Crippen LogP contribution in [0, 0.1) is 18.4 Å². The SMILES string of the molecule is C#C[C@](CCn1cnc2c(N)nc(F)nc21)(CO[PH](=O)N[C@@H](C)C(=O)OCCCCCCCCCCCCCC)OC. The number of nitrogens with two attached hydrogens (primary N) is 1.